The zero-order chi connectivity index (χ0) is 44.0. The highest BCUT2D eigenvalue weighted by Gasteiger charge is 2.19. The maximum absolute atomic E-state index is 12.8. The molecule has 0 aliphatic heterocycles. The minimum absolute atomic E-state index is 0.0641. The lowest BCUT2D eigenvalue weighted by Gasteiger charge is -2.18. The molecule has 6 heteroatoms. The topological polar surface area (TPSA) is 78.9 Å². The lowest BCUT2D eigenvalue weighted by Crippen LogP contribution is -2.30. The molecule has 0 saturated carbocycles. The minimum atomic E-state index is -0.762. The quantitative estimate of drug-likeness (QED) is 0.0345. The molecule has 0 aliphatic carbocycles. The summed E-state index contributed by atoms with van der Waals surface area (Å²) in [6.45, 7) is 11.4. The van der Waals surface area contributed by atoms with Gasteiger partial charge in [0, 0.05) is 19.3 Å². The average Bonchev–Trinajstić information content (AvgIpc) is 3.23. The van der Waals surface area contributed by atoms with E-state index in [0.29, 0.717) is 19.3 Å². The fourth-order valence-corrected chi connectivity index (χ4v) is 8.13. The van der Waals surface area contributed by atoms with E-state index in [9.17, 15) is 14.4 Å². The Morgan fingerprint density at radius 2 is 0.633 bits per heavy atom. The van der Waals surface area contributed by atoms with Crippen LogP contribution in [0.25, 0.3) is 0 Å². The predicted octanol–water partition coefficient (Wildman–Crippen LogP) is 17.3. The van der Waals surface area contributed by atoms with Crippen LogP contribution in [0, 0.1) is 11.8 Å². The van der Waals surface area contributed by atoms with Crippen molar-refractivity contribution in [2.45, 2.75) is 304 Å². The van der Waals surface area contributed by atoms with Crippen molar-refractivity contribution in [1.82, 2.24) is 0 Å². The van der Waals surface area contributed by atoms with Crippen molar-refractivity contribution < 1.29 is 28.6 Å². The van der Waals surface area contributed by atoms with Crippen molar-refractivity contribution in [3.05, 3.63) is 0 Å². The molecule has 0 N–H and O–H groups in total. The average molecular weight is 849 g/mol. The van der Waals surface area contributed by atoms with Gasteiger partial charge in [0.2, 0.25) is 0 Å². The third-order valence-corrected chi connectivity index (χ3v) is 12.6. The molecule has 0 bridgehead atoms. The molecule has 0 aliphatic rings. The molecule has 1 unspecified atom stereocenters. The van der Waals surface area contributed by atoms with Crippen molar-refractivity contribution in [2.75, 3.05) is 13.2 Å². The van der Waals surface area contributed by atoms with Gasteiger partial charge < -0.3 is 14.2 Å². The summed E-state index contributed by atoms with van der Waals surface area (Å²) >= 11 is 0. The van der Waals surface area contributed by atoms with Crippen LogP contribution in [-0.2, 0) is 28.6 Å². The molecule has 0 radical (unpaired) electrons. The van der Waals surface area contributed by atoms with Crippen LogP contribution in [0.2, 0.25) is 0 Å². The first-order valence-electron chi connectivity index (χ1n) is 26.8. The Bertz CT molecular complexity index is 918. The number of carbonyl (C=O) groups excluding carboxylic acids is 3. The van der Waals surface area contributed by atoms with Gasteiger partial charge in [0.05, 0.1) is 0 Å². The van der Waals surface area contributed by atoms with Gasteiger partial charge in [-0.25, -0.2) is 0 Å². The fraction of sp³-hybridized carbons (Fsp3) is 0.944. The Hall–Kier alpha value is -1.59. The Morgan fingerprint density at radius 3 is 0.950 bits per heavy atom. The van der Waals surface area contributed by atoms with E-state index in [0.717, 1.165) is 69.6 Å². The molecule has 0 amide bonds. The maximum atomic E-state index is 12.8. The zero-order valence-corrected chi connectivity index (χ0v) is 41.1. The second kappa shape index (κ2) is 46.9. The molecular formula is C54H104O6. The first-order valence-corrected chi connectivity index (χ1v) is 26.8. The van der Waals surface area contributed by atoms with E-state index >= 15 is 0 Å². The molecule has 0 saturated heterocycles. The van der Waals surface area contributed by atoms with Gasteiger partial charge in [0.25, 0.3) is 0 Å². The highest BCUT2D eigenvalue weighted by molar-refractivity contribution is 5.71. The van der Waals surface area contributed by atoms with Crippen LogP contribution in [0.4, 0.5) is 0 Å². The monoisotopic (exact) mass is 849 g/mol. The van der Waals surface area contributed by atoms with Crippen LogP contribution >= 0.6 is 0 Å². The first kappa shape index (κ1) is 58.4. The minimum Gasteiger partial charge on any atom is -0.462 e. The van der Waals surface area contributed by atoms with Crippen molar-refractivity contribution >= 4 is 17.9 Å². The smallest absolute Gasteiger partial charge is 0.306 e. The Morgan fingerprint density at radius 1 is 0.350 bits per heavy atom. The van der Waals surface area contributed by atoms with Crippen molar-refractivity contribution in [1.29, 1.82) is 0 Å². The summed E-state index contributed by atoms with van der Waals surface area (Å²) in [5, 5.41) is 0. The van der Waals surface area contributed by atoms with Crippen molar-refractivity contribution in [3.8, 4) is 0 Å². The van der Waals surface area contributed by atoms with Crippen LogP contribution in [-0.4, -0.2) is 37.2 Å². The number of rotatable bonds is 48. The fourth-order valence-electron chi connectivity index (χ4n) is 8.13. The van der Waals surface area contributed by atoms with Gasteiger partial charge in [0.1, 0.15) is 13.2 Å². The summed E-state index contributed by atoms with van der Waals surface area (Å²) in [7, 11) is 0. The second-order valence-electron chi connectivity index (χ2n) is 19.2. The van der Waals surface area contributed by atoms with E-state index in [1.165, 1.54) is 186 Å². The molecule has 0 heterocycles. The van der Waals surface area contributed by atoms with Gasteiger partial charge in [-0.1, -0.05) is 259 Å². The summed E-state index contributed by atoms with van der Waals surface area (Å²) in [5.41, 5.74) is 0. The maximum Gasteiger partial charge on any atom is 0.306 e. The van der Waals surface area contributed by atoms with Crippen molar-refractivity contribution in [3.63, 3.8) is 0 Å². The molecule has 6 nitrogen and oxygen atoms in total. The van der Waals surface area contributed by atoms with E-state index in [4.69, 9.17) is 14.2 Å². The lowest BCUT2D eigenvalue weighted by atomic mass is 9.99. The summed E-state index contributed by atoms with van der Waals surface area (Å²) in [4.78, 5) is 37.9. The highest BCUT2D eigenvalue weighted by atomic mass is 16.6. The second-order valence-corrected chi connectivity index (χ2v) is 19.2. The van der Waals surface area contributed by atoms with Crippen LogP contribution in [0.5, 0.6) is 0 Å². The number of unbranched alkanes of at least 4 members (excludes halogenated alkanes) is 32. The molecule has 0 fully saturated rings. The van der Waals surface area contributed by atoms with E-state index in [-0.39, 0.29) is 31.1 Å². The zero-order valence-electron chi connectivity index (χ0n) is 41.1. The van der Waals surface area contributed by atoms with Gasteiger partial charge in [-0.3, -0.25) is 14.4 Å². The van der Waals surface area contributed by atoms with Gasteiger partial charge in [-0.15, -0.1) is 0 Å². The highest BCUT2D eigenvalue weighted by Crippen LogP contribution is 2.18. The molecule has 0 rings (SSSR count). The molecular weight excluding hydrogens is 745 g/mol. The van der Waals surface area contributed by atoms with Crippen LogP contribution in [0.3, 0.4) is 0 Å². The van der Waals surface area contributed by atoms with Crippen LogP contribution in [0.15, 0.2) is 0 Å². The van der Waals surface area contributed by atoms with Gasteiger partial charge in [-0.05, 0) is 31.1 Å². The van der Waals surface area contributed by atoms with E-state index in [1.54, 1.807) is 0 Å². The van der Waals surface area contributed by atoms with E-state index in [1.807, 2.05) is 0 Å². The largest absolute Gasteiger partial charge is 0.462 e. The third kappa shape index (κ3) is 45.9. The summed E-state index contributed by atoms with van der Waals surface area (Å²) in [6.07, 6.45) is 48.1. The van der Waals surface area contributed by atoms with Crippen LogP contribution < -0.4 is 0 Å². The van der Waals surface area contributed by atoms with E-state index < -0.39 is 6.10 Å². The number of esters is 3. The normalized spacial score (nSPS) is 12.5. The van der Waals surface area contributed by atoms with E-state index in [2.05, 4.69) is 34.6 Å². The number of hydrogen-bond donors (Lipinski definition) is 0. The molecule has 0 aromatic heterocycles. The summed E-state index contributed by atoms with van der Waals surface area (Å²) in [5.74, 6) is 0.825. The summed E-state index contributed by atoms with van der Waals surface area (Å²) < 4.78 is 16.8. The van der Waals surface area contributed by atoms with Gasteiger partial charge in [0.15, 0.2) is 6.10 Å². The molecule has 356 valence electrons. The molecule has 60 heavy (non-hydrogen) atoms. The Kier molecular flexibility index (Phi) is 45.7. The SMILES string of the molecule is CCCCCCCCCCCCCCCCC(=O)OC[C@H](COC(=O)CCCCCCCCCCCCCCCCC(C)CC)OC(=O)CCCCCCCCCC(C)C. The number of carbonyl (C=O) groups is 3. The van der Waals surface area contributed by atoms with Gasteiger partial charge >= 0.3 is 17.9 Å². The van der Waals surface area contributed by atoms with Gasteiger partial charge in [-0.2, -0.15) is 0 Å². The summed E-state index contributed by atoms with van der Waals surface area (Å²) in [6, 6.07) is 0. The Labute approximate surface area is 374 Å². The first-order chi connectivity index (χ1) is 29.3. The standard InChI is InChI=1S/C54H104O6/c1-6-8-9-10-11-12-13-14-18-21-24-29-34-39-44-52(55)58-47-51(60-54(57)46-41-36-31-26-27-32-37-42-49(3)4)48-59-53(56)45-40-35-30-25-22-19-16-15-17-20-23-28-33-38-43-50(5)7-2/h49-51H,6-48H2,1-5H3/t50?,51-/m1/s1. The lowest BCUT2D eigenvalue weighted by molar-refractivity contribution is -0.167. The van der Waals surface area contributed by atoms with Crippen molar-refractivity contribution in [2.24, 2.45) is 11.8 Å². The molecule has 2 atom stereocenters. The molecule has 0 aromatic carbocycles. The predicted molar refractivity (Wildman–Crippen MR) is 256 cm³/mol. The Balaban J connectivity index is 4.25. The molecule has 0 aromatic rings. The number of hydrogen-bond acceptors (Lipinski definition) is 6. The van der Waals surface area contributed by atoms with Crippen LogP contribution in [0.1, 0.15) is 298 Å². The number of ether oxygens (including phenoxy) is 3. The molecule has 0 spiro atoms. The third-order valence-electron chi connectivity index (χ3n) is 12.6.